The van der Waals surface area contributed by atoms with Crippen LogP contribution in [0.15, 0.2) is 24.3 Å². The van der Waals surface area contributed by atoms with Crippen molar-refractivity contribution < 1.29 is 24.2 Å². The lowest BCUT2D eigenvalue weighted by Crippen LogP contribution is -2.33. The number of carbonyl (C=O) groups excluding carboxylic acids is 2. The van der Waals surface area contributed by atoms with E-state index in [-0.39, 0.29) is 12.8 Å². The zero-order chi connectivity index (χ0) is 32.4. The van der Waals surface area contributed by atoms with Crippen LogP contribution < -0.4 is 0 Å². The van der Waals surface area contributed by atoms with E-state index in [1.165, 1.54) is 122 Å². The first-order valence-corrected chi connectivity index (χ1v) is 18.9. The van der Waals surface area contributed by atoms with Crippen molar-refractivity contribution in [1.82, 2.24) is 0 Å². The Morgan fingerprint density at radius 3 is 1.05 bits per heavy atom. The summed E-state index contributed by atoms with van der Waals surface area (Å²) < 4.78 is 10.6. The molecule has 0 aliphatic rings. The van der Waals surface area contributed by atoms with Crippen molar-refractivity contribution in [1.29, 1.82) is 0 Å². The first kappa shape index (κ1) is 42.4. The molecule has 1 unspecified atom stereocenters. The fourth-order valence-electron chi connectivity index (χ4n) is 5.28. The number of esters is 2. The van der Waals surface area contributed by atoms with E-state index < -0.39 is 24.3 Å². The Kier molecular flexibility index (Phi) is 33.0. The molecular formula is C39H72O5. The Bertz CT molecular complexity index is 630. The van der Waals surface area contributed by atoms with Gasteiger partial charge in [-0.25, -0.2) is 0 Å². The molecule has 258 valence electrons. The number of hydrogen-bond donors (Lipinski definition) is 1. The lowest BCUT2D eigenvalue weighted by Gasteiger charge is -2.20. The molecule has 0 saturated carbocycles. The van der Waals surface area contributed by atoms with E-state index in [1.807, 2.05) is 0 Å². The minimum Gasteiger partial charge on any atom is -0.422 e. The van der Waals surface area contributed by atoms with Crippen molar-refractivity contribution >= 4 is 11.9 Å². The van der Waals surface area contributed by atoms with Crippen LogP contribution in [-0.2, 0) is 19.1 Å². The highest BCUT2D eigenvalue weighted by Gasteiger charge is 2.23. The van der Waals surface area contributed by atoms with Gasteiger partial charge in [0.25, 0.3) is 6.29 Å². The van der Waals surface area contributed by atoms with E-state index in [2.05, 4.69) is 38.2 Å². The molecule has 5 heteroatoms. The molecule has 0 heterocycles. The SMILES string of the molecule is CCCCCCCC/C=C\CCCCCCCC(=O)OC(OC(=O)CCCCCCC/C=C\CCCCCCCC)C(C)O. The predicted octanol–water partition coefficient (Wildman–Crippen LogP) is 11.9. The predicted molar refractivity (Wildman–Crippen MR) is 187 cm³/mol. The summed E-state index contributed by atoms with van der Waals surface area (Å²) in [6.45, 7) is 5.99. The van der Waals surface area contributed by atoms with Gasteiger partial charge in [-0.05, 0) is 71.1 Å². The Hall–Kier alpha value is -1.62. The molecule has 0 radical (unpaired) electrons. The molecule has 0 saturated heterocycles. The maximum Gasteiger partial charge on any atom is 0.308 e. The third-order valence-corrected chi connectivity index (χ3v) is 8.17. The molecule has 1 atom stereocenters. The Morgan fingerprint density at radius 1 is 0.477 bits per heavy atom. The monoisotopic (exact) mass is 621 g/mol. The molecule has 0 bridgehead atoms. The van der Waals surface area contributed by atoms with Gasteiger partial charge in [-0.15, -0.1) is 0 Å². The molecule has 0 spiro atoms. The van der Waals surface area contributed by atoms with Crippen LogP contribution in [0.2, 0.25) is 0 Å². The maximum absolute atomic E-state index is 12.2. The number of aliphatic hydroxyl groups excluding tert-OH is 1. The number of carbonyl (C=O) groups is 2. The summed E-state index contributed by atoms with van der Waals surface area (Å²) in [5, 5.41) is 9.95. The second-order valence-electron chi connectivity index (χ2n) is 12.8. The van der Waals surface area contributed by atoms with E-state index in [4.69, 9.17) is 9.47 Å². The van der Waals surface area contributed by atoms with Crippen molar-refractivity contribution in [2.45, 2.75) is 213 Å². The molecule has 0 aromatic rings. The summed E-state index contributed by atoms with van der Waals surface area (Å²) in [6, 6.07) is 0. The molecule has 0 aliphatic heterocycles. The lowest BCUT2D eigenvalue weighted by atomic mass is 10.1. The lowest BCUT2D eigenvalue weighted by molar-refractivity contribution is -0.205. The standard InChI is InChI=1S/C39H72O5/c1-4-6-8-10-12-14-16-18-20-22-24-26-28-30-32-34-37(41)43-39(36(3)40)44-38(42)35-33-31-29-27-25-23-21-19-17-15-13-11-9-7-5-2/h18-21,36,39-40H,4-17,22-35H2,1-3H3/b20-18-,21-19-. The third kappa shape index (κ3) is 31.8. The minimum absolute atomic E-state index is 0.285. The molecule has 0 aromatic carbocycles. The first-order chi connectivity index (χ1) is 21.5. The normalized spacial score (nSPS) is 12.5. The average molecular weight is 621 g/mol. The van der Waals surface area contributed by atoms with Gasteiger partial charge in [0, 0.05) is 12.8 Å². The van der Waals surface area contributed by atoms with Crippen LogP contribution in [0.3, 0.4) is 0 Å². The second kappa shape index (κ2) is 34.3. The van der Waals surface area contributed by atoms with Crippen LogP contribution in [-0.4, -0.2) is 29.4 Å². The van der Waals surface area contributed by atoms with E-state index in [0.717, 1.165) is 51.4 Å². The van der Waals surface area contributed by atoms with Gasteiger partial charge in [0.05, 0.1) is 0 Å². The van der Waals surface area contributed by atoms with E-state index in [9.17, 15) is 14.7 Å². The van der Waals surface area contributed by atoms with E-state index >= 15 is 0 Å². The molecule has 0 fully saturated rings. The van der Waals surface area contributed by atoms with Crippen LogP contribution in [0.25, 0.3) is 0 Å². The molecular weight excluding hydrogens is 548 g/mol. The second-order valence-corrected chi connectivity index (χ2v) is 12.8. The highest BCUT2D eigenvalue weighted by atomic mass is 16.7. The Balaban J connectivity index is 3.71. The fraction of sp³-hybridized carbons (Fsp3) is 0.846. The highest BCUT2D eigenvalue weighted by Crippen LogP contribution is 2.14. The quantitative estimate of drug-likeness (QED) is 0.0342. The number of unbranched alkanes of at least 4 members (excludes halogenated alkanes) is 22. The maximum atomic E-state index is 12.2. The van der Waals surface area contributed by atoms with Crippen molar-refractivity contribution in [3.63, 3.8) is 0 Å². The van der Waals surface area contributed by atoms with Gasteiger partial charge in [0.2, 0.25) is 0 Å². The zero-order valence-corrected chi connectivity index (χ0v) is 29.3. The molecule has 0 aromatic heterocycles. The van der Waals surface area contributed by atoms with Gasteiger partial charge in [0.1, 0.15) is 6.10 Å². The van der Waals surface area contributed by atoms with Crippen LogP contribution in [0, 0.1) is 0 Å². The average Bonchev–Trinajstić information content (AvgIpc) is 3.00. The number of rotatable bonds is 33. The smallest absolute Gasteiger partial charge is 0.308 e. The van der Waals surface area contributed by atoms with Crippen LogP contribution in [0.4, 0.5) is 0 Å². The van der Waals surface area contributed by atoms with E-state index in [1.54, 1.807) is 0 Å². The van der Waals surface area contributed by atoms with Crippen LogP contribution in [0.5, 0.6) is 0 Å². The zero-order valence-electron chi connectivity index (χ0n) is 29.3. The van der Waals surface area contributed by atoms with E-state index in [0.29, 0.717) is 0 Å². The van der Waals surface area contributed by atoms with Crippen molar-refractivity contribution in [2.24, 2.45) is 0 Å². The number of aliphatic hydroxyl groups is 1. The van der Waals surface area contributed by atoms with Gasteiger partial charge >= 0.3 is 11.9 Å². The summed E-state index contributed by atoms with van der Waals surface area (Å²) in [5.41, 5.74) is 0. The fourth-order valence-corrected chi connectivity index (χ4v) is 5.28. The molecule has 1 N–H and O–H groups in total. The summed E-state index contributed by atoms with van der Waals surface area (Å²) in [7, 11) is 0. The summed E-state index contributed by atoms with van der Waals surface area (Å²) in [4.78, 5) is 24.5. The van der Waals surface area contributed by atoms with Crippen molar-refractivity contribution in [3.8, 4) is 0 Å². The molecule has 0 aliphatic carbocycles. The van der Waals surface area contributed by atoms with Gasteiger partial charge in [-0.3, -0.25) is 9.59 Å². The van der Waals surface area contributed by atoms with Gasteiger partial charge in [-0.1, -0.05) is 141 Å². The molecule has 5 nitrogen and oxygen atoms in total. The molecule has 0 amide bonds. The van der Waals surface area contributed by atoms with Gasteiger partial charge < -0.3 is 14.6 Å². The Morgan fingerprint density at radius 2 is 0.750 bits per heavy atom. The highest BCUT2D eigenvalue weighted by molar-refractivity contribution is 5.71. The summed E-state index contributed by atoms with van der Waals surface area (Å²) in [6.07, 6.45) is 38.8. The first-order valence-electron chi connectivity index (χ1n) is 18.9. The van der Waals surface area contributed by atoms with Gasteiger partial charge in [-0.2, -0.15) is 0 Å². The minimum atomic E-state index is -1.22. The van der Waals surface area contributed by atoms with Crippen molar-refractivity contribution in [2.75, 3.05) is 0 Å². The van der Waals surface area contributed by atoms with Gasteiger partial charge in [0.15, 0.2) is 0 Å². The Labute approximate surface area is 273 Å². The van der Waals surface area contributed by atoms with Crippen molar-refractivity contribution in [3.05, 3.63) is 24.3 Å². The molecule has 44 heavy (non-hydrogen) atoms. The topological polar surface area (TPSA) is 72.8 Å². The third-order valence-electron chi connectivity index (χ3n) is 8.17. The number of ether oxygens (including phenoxy) is 2. The number of allylic oxidation sites excluding steroid dienone is 4. The summed E-state index contributed by atoms with van der Waals surface area (Å²) in [5.74, 6) is -0.829. The van der Waals surface area contributed by atoms with Crippen LogP contribution in [0.1, 0.15) is 201 Å². The largest absolute Gasteiger partial charge is 0.422 e. The summed E-state index contributed by atoms with van der Waals surface area (Å²) >= 11 is 0. The van der Waals surface area contributed by atoms with Crippen LogP contribution >= 0.6 is 0 Å². The number of hydrogen-bond acceptors (Lipinski definition) is 5. The molecule has 0 rings (SSSR count).